The molecule has 5 N–H and O–H groups in total. The normalized spacial score (nSPS) is 12.5. The Bertz CT molecular complexity index is 1160. The highest BCUT2D eigenvalue weighted by Gasteiger charge is 2.38. The maximum Gasteiger partial charge on any atom is 0.490 e. The van der Waals surface area contributed by atoms with Gasteiger partial charge in [0.25, 0.3) is 0 Å². The minimum absolute atomic E-state index is 0.0157. The van der Waals surface area contributed by atoms with Gasteiger partial charge in [-0.05, 0) is 61.4 Å². The van der Waals surface area contributed by atoms with Crippen molar-refractivity contribution in [3.63, 3.8) is 0 Å². The second-order valence-corrected chi connectivity index (χ2v) is 7.50. The van der Waals surface area contributed by atoms with Gasteiger partial charge in [0.05, 0.1) is 6.20 Å². The minimum Gasteiger partial charge on any atom is -0.475 e. The van der Waals surface area contributed by atoms with Crippen LogP contribution in [0.4, 0.5) is 28.0 Å². The molecule has 0 aliphatic rings. The summed E-state index contributed by atoms with van der Waals surface area (Å²) in [5, 5.41) is 13.1. The van der Waals surface area contributed by atoms with Crippen LogP contribution in [0.25, 0.3) is 0 Å². The Labute approximate surface area is 204 Å². The molecule has 3 aromatic rings. The summed E-state index contributed by atoms with van der Waals surface area (Å²) in [7, 11) is 0. The van der Waals surface area contributed by atoms with Crippen molar-refractivity contribution < 1.29 is 37.0 Å². The van der Waals surface area contributed by atoms with Crippen LogP contribution in [0.1, 0.15) is 37.1 Å². The standard InChI is InChI=1S/C22H23FN4O2.C2HF3O2/c1-14(16-5-8-18(9-6-16)27-22(24)28)26-15(2)17-7-10-21(20(23)12-17)29-19-4-3-11-25-13-19;3-2(4,5)1(6)7/h3-15,26H,1-2H3,(H3,24,27,28);(H,6,7). The lowest BCUT2D eigenvalue weighted by Gasteiger charge is -2.21. The number of urea groups is 1. The summed E-state index contributed by atoms with van der Waals surface area (Å²) in [5.41, 5.74) is 7.58. The third-order valence-electron chi connectivity index (χ3n) is 4.74. The lowest BCUT2D eigenvalue weighted by molar-refractivity contribution is -0.192. The molecule has 2 unspecified atom stereocenters. The predicted octanol–water partition coefficient (Wildman–Crippen LogP) is 5.55. The lowest BCUT2D eigenvalue weighted by atomic mass is 10.0. The molecule has 0 bridgehead atoms. The van der Waals surface area contributed by atoms with Crippen molar-refractivity contribution in [2.24, 2.45) is 5.73 Å². The van der Waals surface area contributed by atoms with E-state index >= 15 is 0 Å². The highest BCUT2D eigenvalue weighted by molar-refractivity contribution is 5.87. The van der Waals surface area contributed by atoms with Gasteiger partial charge in [-0.15, -0.1) is 0 Å². The molecule has 36 heavy (non-hydrogen) atoms. The van der Waals surface area contributed by atoms with E-state index in [0.29, 0.717) is 11.4 Å². The number of hydrogen-bond acceptors (Lipinski definition) is 5. The summed E-state index contributed by atoms with van der Waals surface area (Å²) in [6, 6.07) is 15.1. The number of nitrogens with zero attached hydrogens (tertiary/aromatic N) is 1. The van der Waals surface area contributed by atoms with Crippen LogP contribution in [0.5, 0.6) is 11.5 Å². The number of carboxylic acid groups (broad SMARTS) is 1. The van der Waals surface area contributed by atoms with E-state index in [2.05, 4.69) is 15.6 Å². The number of carbonyl (C=O) groups excluding carboxylic acids is 1. The first-order chi connectivity index (χ1) is 16.9. The molecule has 2 amide bonds. The highest BCUT2D eigenvalue weighted by Crippen LogP contribution is 2.28. The van der Waals surface area contributed by atoms with Gasteiger partial charge in [-0.1, -0.05) is 18.2 Å². The molecule has 0 saturated carbocycles. The van der Waals surface area contributed by atoms with Crippen LogP contribution in [0.15, 0.2) is 67.0 Å². The van der Waals surface area contributed by atoms with E-state index in [-0.39, 0.29) is 17.8 Å². The van der Waals surface area contributed by atoms with Crippen molar-refractivity contribution in [3.05, 3.63) is 83.9 Å². The summed E-state index contributed by atoms with van der Waals surface area (Å²) >= 11 is 0. The highest BCUT2D eigenvalue weighted by atomic mass is 19.4. The maximum atomic E-state index is 14.5. The first-order valence-corrected chi connectivity index (χ1v) is 10.5. The molecule has 0 fully saturated rings. The Morgan fingerprint density at radius 1 is 1.03 bits per heavy atom. The van der Waals surface area contributed by atoms with E-state index in [1.165, 1.54) is 12.3 Å². The number of amides is 2. The topological polar surface area (TPSA) is 127 Å². The Hall–Kier alpha value is -4.19. The number of ether oxygens (including phenoxy) is 1. The monoisotopic (exact) mass is 508 g/mol. The zero-order valence-corrected chi connectivity index (χ0v) is 19.2. The van der Waals surface area contributed by atoms with E-state index < -0.39 is 24.0 Å². The molecule has 8 nitrogen and oxygen atoms in total. The summed E-state index contributed by atoms with van der Waals surface area (Å²) < 4.78 is 51.8. The number of pyridine rings is 1. The van der Waals surface area contributed by atoms with Crippen LogP contribution in [-0.2, 0) is 4.79 Å². The van der Waals surface area contributed by atoms with Crippen molar-refractivity contribution in [1.82, 2.24) is 10.3 Å². The van der Waals surface area contributed by atoms with Gasteiger partial charge in [0.15, 0.2) is 11.6 Å². The molecule has 3 rings (SSSR count). The van der Waals surface area contributed by atoms with Gasteiger partial charge in [0, 0.05) is 24.0 Å². The van der Waals surface area contributed by atoms with Crippen molar-refractivity contribution in [1.29, 1.82) is 0 Å². The third-order valence-corrected chi connectivity index (χ3v) is 4.74. The Kier molecular flexibility index (Phi) is 9.74. The zero-order chi connectivity index (χ0) is 26.9. The molecule has 0 spiro atoms. The first kappa shape index (κ1) is 28.1. The minimum atomic E-state index is -5.08. The van der Waals surface area contributed by atoms with Crippen LogP contribution in [0, 0.1) is 5.82 Å². The number of aliphatic carboxylic acids is 1. The molecule has 0 radical (unpaired) electrons. The Morgan fingerprint density at radius 2 is 1.61 bits per heavy atom. The van der Waals surface area contributed by atoms with Gasteiger partial charge in [0.2, 0.25) is 0 Å². The van der Waals surface area contributed by atoms with Crippen LogP contribution < -0.4 is 21.1 Å². The molecule has 0 aliphatic carbocycles. The van der Waals surface area contributed by atoms with E-state index in [1.54, 1.807) is 36.5 Å². The SMILES string of the molecule is CC(NC(C)c1ccc(Oc2cccnc2)c(F)c1)c1ccc(NC(N)=O)cc1.O=C(O)C(F)(F)F. The van der Waals surface area contributed by atoms with Crippen molar-refractivity contribution in [2.75, 3.05) is 5.32 Å². The molecule has 1 aromatic heterocycles. The number of primary amides is 1. The van der Waals surface area contributed by atoms with E-state index in [0.717, 1.165) is 11.1 Å². The van der Waals surface area contributed by atoms with Crippen molar-refractivity contribution in [2.45, 2.75) is 32.1 Å². The number of hydrogen-bond donors (Lipinski definition) is 4. The second kappa shape index (κ2) is 12.5. The van der Waals surface area contributed by atoms with Crippen LogP contribution in [-0.4, -0.2) is 28.3 Å². The third kappa shape index (κ3) is 8.87. The largest absolute Gasteiger partial charge is 0.490 e. The second-order valence-electron chi connectivity index (χ2n) is 7.50. The molecule has 0 saturated heterocycles. The van der Waals surface area contributed by atoms with Crippen LogP contribution in [0.2, 0.25) is 0 Å². The number of anilines is 1. The molecule has 0 aliphatic heterocycles. The maximum absolute atomic E-state index is 14.5. The van der Waals surface area contributed by atoms with E-state index in [9.17, 15) is 22.4 Å². The Morgan fingerprint density at radius 3 is 2.11 bits per heavy atom. The number of carboxylic acids is 1. The van der Waals surface area contributed by atoms with Gasteiger partial charge in [-0.2, -0.15) is 13.2 Å². The van der Waals surface area contributed by atoms with Crippen LogP contribution in [0.3, 0.4) is 0 Å². The number of aromatic nitrogens is 1. The van der Waals surface area contributed by atoms with Crippen molar-refractivity contribution in [3.8, 4) is 11.5 Å². The molecule has 2 atom stereocenters. The Balaban J connectivity index is 0.000000572. The summed E-state index contributed by atoms with van der Waals surface area (Å²) in [6.07, 6.45) is -1.92. The fourth-order valence-electron chi connectivity index (χ4n) is 2.97. The predicted molar refractivity (Wildman–Crippen MR) is 124 cm³/mol. The molecule has 192 valence electrons. The summed E-state index contributed by atoms with van der Waals surface area (Å²) in [5.74, 6) is -2.56. The average Bonchev–Trinajstić information content (AvgIpc) is 2.81. The molecular formula is C24H24F4N4O4. The molecule has 2 aromatic carbocycles. The van der Waals surface area contributed by atoms with Gasteiger partial charge >= 0.3 is 18.2 Å². The van der Waals surface area contributed by atoms with Crippen molar-refractivity contribution >= 4 is 17.7 Å². The smallest absolute Gasteiger partial charge is 0.475 e. The fraction of sp³-hybridized carbons (Fsp3) is 0.208. The van der Waals surface area contributed by atoms with E-state index in [1.807, 2.05) is 32.0 Å². The average molecular weight is 508 g/mol. The van der Waals surface area contributed by atoms with Gasteiger partial charge in [-0.3, -0.25) is 4.98 Å². The number of benzene rings is 2. The number of carbonyl (C=O) groups is 2. The lowest BCUT2D eigenvalue weighted by Crippen LogP contribution is -2.23. The molecule has 12 heteroatoms. The number of alkyl halides is 3. The number of rotatable bonds is 7. The summed E-state index contributed by atoms with van der Waals surface area (Å²) in [6.45, 7) is 3.99. The van der Waals surface area contributed by atoms with Gasteiger partial charge < -0.3 is 26.2 Å². The molecule has 1 heterocycles. The van der Waals surface area contributed by atoms with E-state index in [4.69, 9.17) is 20.4 Å². The van der Waals surface area contributed by atoms with Gasteiger partial charge in [0.1, 0.15) is 5.75 Å². The number of halogens is 4. The first-order valence-electron chi connectivity index (χ1n) is 10.5. The summed E-state index contributed by atoms with van der Waals surface area (Å²) in [4.78, 5) is 23.7. The van der Waals surface area contributed by atoms with Gasteiger partial charge in [-0.25, -0.2) is 14.0 Å². The zero-order valence-electron chi connectivity index (χ0n) is 19.2. The van der Waals surface area contributed by atoms with Crippen LogP contribution >= 0.6 is 0 Å². The quantitative estimate of drug-likeness (QED) is 0.310. The fourth-order valence-corrected chi connectivity index (χ4v) is 2.97. The number of nitrogens with two attached hydrogens (primary N) is 1. The number of nitrogens with one attached hydrogen (secondary N) is 2. The molecular weight excluding hydrogens is 484 g/mol.